The van der Waals surface area contributed by atoms with Crippen LogP contribution in [0.4, 0.5) is 9.18 Å². The van der Waals surface area contributed by atoms with Gasteiger partial charge >= 0.3 is 0 Å². The van der Waals surface area contributed by atoms with Crippen LogP contribution in [-0.4, -0.2) is 33.8 Å². The second-order valence-corrected chi connectivity index (χ2v) is 9.49. The number of nitrogens with zero attached hydrogens (tertiary/aromatic N) is 2. The van der Waals surface area contributed by atoms with E-state index in [4.69, 9.17) is 4.74 Å². The first-order valence-corrected chi connectivity index (χ1v) is 12.6. The van der Waals surface area contributed by atoms with Crippen molar-refractivity contribution < 1.29 is 18.7 Å². The van der Waals surface area contributed by atoms with Gasteiger partial charge in [-0.2, -0.15) is 0 Å². The Morgan fingerprint density at radius 1 is 0.972 bits per heavy atom. The molecular formula is C29H25FN2O3S. The molecule has 0 N–H and O–H groups in total. The van der Waals surface area contributed by atoms with Crippen molar-refractivity contribution in [3.05, 3.63) is 106 Å². The summed E-state index contributed by atoms with van der Waals surface area (Å²) in [6.07, 6.45) is 4.76. The summed E-state index contributed by atoms with van der Waals surface area (Å²) in [5.41, 5.74) is 4.47. The lowest BCUT2D eigenvalue weighted by Crippen LogP contribution is -2.32. The van der Waals surface area contributed by atoms with Crippen LogP contribution in [0.25, 0.3) is 17.0 Å². The van der Waals surface area contributed by atoms with Crippen LogP contribution in [-0.2, 0) is 17.8 Å². The molecule has 5 rings (SSSR count). The normalized spacial score (nSPS) is 14.8. The molecule has 3 aromatic carbocycles. The van der Waals surface area contributed by atoms with E-state index in [2.05, 4.69) is 42.0 Å². The molecule has 2 heterocycles. The Balaban J connectivity index is 1.39. The molecule has 36 heavy (non-hydrogen) atoms. The van der Waals surface area contributed by atoms with E-state index in [0.717, 1.165) is 34.6 Å². The molecule has 1 aliphatic rings. The van der Waals surface area contributed by atoms with Crippen molar-refractivity contribution in [3.63, 3.8) is 0 Å². The number of benzene rings is 3. The van der Waals surface area contributed by atoms with E-state index >= 15 is 0 Å². The van der Waals surface area contributed by atoms with Gasteiger partial charge in [0, 0.05) is 23.7 Å². The number of para-hydroxylation sites is 1. The summed E-state index contributed by atoms with van der Waals surface area (Å²) in [7, 11) is 0. The molecule has 7 heteroatoms. The van der Waals surface area contributed by atoms with Crippen LogP contribution in [0.3, 0.4) is 0 Å². The van der Waals surface area contributed by atoms with Crippen LogP contribution in [0.15, 0.2) is 83.9 Å². The van der Waals surface area contributed by atoms with Crippen molar-refractivity contribution in [3.8, 4) is 5.75 Å². The fourth-order valence-electron chi connectivity index (χ4n) is 4.39. The molecule has 0 saturated carbocycles. The van der Waals surface area contributed by atoms with Gasteiger partial charge in [-0.25, -0.2) is 4.39 Å². The molecule has 0 unspecified atom stereocenters. The summed E-state index contributed by atoms with van der Waals surface area (Å²) in [4.78, 5) is 27.3. The fourth-order valence-corrected chi connectivity index (χ4v) is 5.25. The third-order valence-electron chi connectivity index (χ3n) is 6.15. The Morgan fingerprint density at radius 3 is 2.50 bits per heavy atom. The van der Waals surface area contributed by atoms with Gasteiger partial charge in [0.25, 0.3) is 11.1 Å². The largest absolute Gasteiger partial charge is 0.492 e. The van der Waals surface area contributed by atoms with Crippen LogP contribution in [0.1, 0.15) is 23.6 Å². The first-order chi connectivity index (χ1) is 17.5. The van der Waals surface area contributed by atoms with E-state index in [1.54, 1.807) is 0 Å². The number of aromatic nitrogens is 1. The van der Waals surface area contributed by atoms with Crippen LogP contribution in [0.5, 0.6) is 5.75 Å². The van der Waals surface area contributed by atoms with Crippen LogP contribution in [0, 0.1) is 5.82 Å². The second kappa shape index (κ2) is 10.4. The Morgan fingerprint density at radius 2 is 1.75 bits per heavy atom. The molecule has 1 fully saturated rings. The molecule has 0 bridgehead atoms. The first-order valence-electron chi connectivity index (χ1n) is 11.8. The number of carbonyl (C=O) groups is 2. The highest BCUT2D eigenvalue weighted by Crippen LogP contribution is 2.35. The minimum Gasteiger partial charge on any atom is -0.492 e. The van der Waals surface area contributed by atoms with Gasteiger partial charge in [0.2, 0.25) is 0 Å². The highest BCUT2D eigenvalue weighted by Gasteiger charge is 2.35. The number of hydrogen-bond acceptors (Lipinski definition) is 4. The number of carbonyl (C=O) groups excluding carboxylic acids is 2. The van der Waals surface area contributed by atoms with Gasteiger partial charge < -0.3 is 9.30 Å². The van der Waals surface area contributed by atoms with E-state index in [-0.39, 0.29) is 30.1 Å². The van der Waals surface area contributed by atoms with Gasteiger partial charge in [-0.05, 0) is 59.7 Å². The Hall–Kier alpha value is -3.84. The number of imide groups is 1. The number of ether oxygens (including phenoxy) is 1. The molecule has 1 saturated heterocycles. The molecule has 182 valence electrons. The third-order valence-corrected chi connectivity index (χ3v) is 7.05. The summed E-state index contributed by atoms with van der Waals surface area (Å²) in [5.74, 6) is -0.199. The number of fused-ring (bicyclic) bond motifs is 1. The average Bonchev–Trinajstić information content (AvgIpc) is 3.37. The van der Waals surface area contributed by atoms with Crippen molar-refractivity contribution in [1.29, 1.82) is 0 Å². The minimum atomic E-state index is -0.352. The number of thioether (sulfide) groups is 1. The molecule has 0 spiro atoms. The molecular weight excluding hydrogens is 475 g/mol. The SMILES string of the molecule is CCc1cccc2c(/C=C3\SC(=O)N(CCOc4ccc(F)cc4)C3=O)cn(Cc3ccccc3)c12. The van der Waals surface area contributed by atoms with Crippen molar-refractivity contribution in [2.75, 3.05) is 13.2 Å². The predicted molar refractivity (Wildman–Crippen MR) is 141 cm³/mol. The molecule has 1 aliphatic heterocycles. The van der Waals surface area contributed by atoms with Gasteiger partial charge in [-0.1, -0.05) is 55.5 Å². The van der Waals surface area contributed by atoms with Crippen LogP contribution < -0.4 is 4.74 Å². The summed E-state index contributed by atoms with van der Waals surface area (Å²) in [6.45, 7) is 3.10. The zero-order valence-electron chi connectivity index (χ0n) is 19.8. The maximum atomic E-state index is 13.1. The first kappa shape index (κ1) is 23.9. The highest BCUT2D eigenvalue weighted by molar-refractivity contribution is 8.18. The quantitative estimate of drug-likeness (QED) is 0.259. The highest BCUT2D eigenvalue weighted by atomic mass is 32.2. The standard InChI is InChI=1S/C29H25FN2O3S/c1-2-21-9-6-10-25-22(19-31(27(21)25)18-20-7-4-3-5-8-20)17-26-28(33)32(29(34)36-26)15-16-35-24-13-11-23(30)12-14-24/h3-14,17,19H,2,15-16,18H2,1H3/b26-17-. The topological polar surface area (TPSA) is 51.5 Å². The number of aryl methyl sites for hydroxylation is 1. The van der Waals surface area contributed by atoms with E-state index in [0.29, 0.717) is 17.2 Å². The lowest BCUT2D eigenvalue weighted by atomic mass is 10.1. The number of amides is 2. The zero-order valence-corrected chi connectivity index (χ0v) is 20.6. The lowest BCUT2D eigenvalue weighted by molar-refractivity contribution is -0.123. The molecule has 0 aliphatic carbocycles. The molecule has 0 atom stereocenters. The Labute approximate surface area is 213 Å². The van der Waals surface area contributed by atoms with E-state index in [1.165, 1.54) is 40.3 Å². The van der Waals surface area contributed by atoms with Crippen LogP contribution in [0.2, 0.25) is 0 Å². The molecule has 4 aromatic rings. The molecule has 2 amide bonds. The second-order valence-electron chi connectivity index (χ2n) is 8.50. The number of hydrogen-bond donors (Lipinski definition) is 0. The van der Waals surface area contributed by atoms with Crippen LogP contribution >= 0.6 is 11.8 Å². The van der Waals surface area contributed by atoms with Gasteiger partial charge in [0.1, 0.15) is 18.2 Å². The molecule has 1 aromatic heterocycles. The van der Waals surface area contributed by atoms with Crippen molar-refractivity contribution in [2.24, 2.45) is 0 Å². The minimum absolute atomic E-state index is 0.120. The van der Waals surface area contributed by atoms with Crippen molar-refractivity contribution >= 4 is 39.9 Å². The van der Waals surface area contributed by atoms with Gasteiger partial charge in [-0.3, -0.25) is 14.5 Å². The van der Waals surface area contributed by atoms with E-state index in [1.807, 2.05) is 30.3 Å². The fraction of sp³-hybridized carbons (Fsp3) is 0.172. The smallest absolute Gasteiger partial charge is 0.293 e. The summed E-state index contributed by atoms with van der Waals surface area (Å²) in [6, 6.07) is 22.1. The maximum absolute atomic E-state index is 13.1. The predicted octanol–water partition coefficient (Wildman–Crippen LogP) is 6.51. The lowest BCUT2D eigenvalue weighted by Gasteiger charge is -2.13. The number of rotatable bonds is 8. The van der Waals surface area contributed by atoms with Gasteiger partial charge in [0.15, 0.2) is 0 Å². The summed E-state index contributed by atoms with van der Waals surface area (Å²) < 4.78 is 20.9. The number of halogens is 1. The Bertz CT molecular complexity index is 1440. The van der Waals surface area contributed by atoms with Crippen molar-refractivity contribution in [1.82, 2.24) is 9.47 Å². The van der Waals surface area contributed by atoms with E-state index in [9.17, 15) is 14.0 Å². The monoisotopic (exact) mass is 500 g/mol. The molecule has 5 nitrogen and oxygen atoms in total. The maximum Gasteiger partial charge on any atom is 0.293 e. The Kier molecular flexibility index (Phi) is 6.91. The third kappa shape index (κ3) is 4.93. The van der Waals surface area contributed by atoms with Gasteiger partial charge in [-0.15, -0.1) is 0 Å². The van der Waals surface area contributed by atoms with Gasteiger partial charge in [0.05, 0.1) is 17.0 Å². The summed E-state index contributed by atoms with van der Waals surface area (Å²) >= 11 is 0.941. The van der Waals surface area contributed by atoms with E-state index < -0.39 is 0 Å². The van der Waals surface area contributed by atoms with Crippen molar-refractivity contribution in [2.45, 2.75) is 19.9 Å². The zero-order chi connectivity index (χ0) is 25.1. The average molecular weight is 501 g/mol. The summed E-state index contributed by atoms with van der Waals surface area (Å²) in [5, 5.41) is 0.730. The molecule has 0 radical (unpaired) electrons.